The zero-order valence-corrected chi connectivity index (χ0v) is 19.1. The van der Waals surface area contributed by atoms with Gasteiger partial charge in [-0.25, -0.2) is 0 Å². The Labute approximate surface area is 180 Å². The van der Waals surface area contributed by atoms with E-state index in [1.54, 1.807) is 7.11 Å². The Morgan fingerprint density at radius 1 is 0.931 bits per heavy atom. The van der Waals surface area contributed by atoms with Crippen LogP contribution in [-0.4, -0.2) is 7.11 Å². The van der Waals surface area contributed by atoms with E-state index in [1.165, 1.54) is 94.6 Å². The third kappa shape index (κ3) is 6.63. The largest absolute Gasteiger partial charge is 0.496 e. The van der Waals surface area contributed by atoms with Crippen LogP contribution >= 0.6 is 0 Å². The van der Waals surface area contributed by atoms with Crippen LogP contribution in [0, 0.1) is 23.7 Å². The standard InChI is InChI=1S/C28H44O/c1-4-8-27-21-24(15-20-28(27)29-3)10-7-6-9-23-13-18-26(19-14-23)25-16-11-22(5-2)12-17-25/h5,15,20-23,25-26H,2,4,6-14,16-19H2,1,3H3. The lowest BCUT2D eigenvalue weighted by molar-refractivity contribution is 0.151. The van der Waals surface area contributed by atoms with E-state index in [1.807, 2.05) is 0 Å². The van der Waals surface area contributed by atoms with Gasteiger partial charge in [0.2, 0.25) is 0 Å². The first kappa shape index (κ1) is 22.4. The zero-order chi connectivity index (χ0) is 20.5. The molecular formula is C28H44O. The van der Waals surface area contributed by atoms with E-state index in [2.05, 4.69) is 37.8 Å². The van der Waals surface area contributed by atoms with E-state index >= 15 is 0 Å². The van der Waals surface area contributed by atoms with Crippen molar-refractivity contribution in [3.05, 3.63) is 42.0 Å². The second-order valence-corrected chi connectivity index (χ2v) is 9.83. The molecule has 0 amide bonds. The lowest BCUT2D eigenvalue weighted by Crippen LogP contribution is -2.25. The number of hydrogen-bond donors (Lipinski definition) is 0. The molecule has 1 heteroatoms. The molecule has 0 aromatic heterocycles. The second-order valence-electron chi connectivity index (χ2n) is 9.83. The number of methoxy groups -OCH3 is 1. The predicted molar refractivity (Wildman–Crippen MR) is 126 cm³/mol. The highest BCUT2D eigenvalue weighted by molar-refractivity contribution is 5.37. The molecule has 0 spiro atoms. The summed E-state index contributed by atoms with van der Waals surface area (Å²) in [5, 5.41) is 0. The zero-order valence-electron chi connectivity index (χ0n) is 19.1. The molecule has 0 atom stereocenters. The monoisotopic (exact) mass is 396 g/mol. The summed E-state index contributed by atoms with van der Waals surface area (Å²) in [7, 11) is 1.79. The molecule has 0 bridgehead atoms. The summed E-state index contributed by atoms with van der Waals surface area (Å²) in [5.74, 6) is 4.94. The van der Waals surface area contributed by atoms with Gasteiger partial charge in [-0.2, -0.15) is 0 Å². The minimum Gasteiger partial charge on any atom is -0.496 e. The molecule has 2 aliphatic rings. The van der Waals surface area contributed by atoms with Crippen LogP contribution in [0.15, 0.2) is 30.9 Å². The first-order valence-electron chi connectivity index (χ1n) is 12.5. The molecule has 0 N–H and O–H groups in total. The average Bonchev–Trinajstić information content (AvgIpc) is 2.78. The molecule has 0 radical (unpaired) electrons. The molecule has 0 heterocycles. The van der Waals surface area contributed by atoms with Gasteiger partial charge in [0.15, 0.2) is 0 Å². The Morgan fingerprint density at radius 2 is 1.62 bits per heavy atom. The quantitative estimate of drug-likeness (QED) is 0.286. The van der Waals surface area contributed by atoms with Crippen molar-refractivity contribution in [3.8, 4) is 5.75 Å². The van der Waals surface area contributed by atoms with Crippen molar-refractivity contribution in [3.63, 3.8) is 0 Å². The van der Waals surface area contributed by atoms with Crippen LogP contribution in [0.25, 0.3) is 0 Å². The van der Waals surface area contributed by atoms with Crippen LogP contribution in [0.2, 0.25) is 0 Å². The van der Waals surface area contributed by atoms with E-state index in [0.29, 0.717) is 0 Å². The summed E-state index contributed by atoms with van der Waals surface area (Å²) < 4.78 is 5.52. The second kappa shape index (κ2) is 11.8. The molecule has 1 nitrogen and oxygen atoms in total. The van der Waals surface area contributed by atoms with Crippen molar-refractivity contribution < 1.29 is 4.74 Å². The number of hydrogen-bond acceptors (Lipinski definition) is 1. The Balaban J connectivity index is 1.33. The van der Waals surface area contributed by atoms with Crippen molar-refractivity contribution in [2.45, 2.75) is 96.8 Å². The highest BCUT2D eigenvalue weighted by atomic mass is 16.5. The van der Waals surface area contributed by atoms with Crippen molar-refractivity contribution in [1.82, 2.24) is 0 Å². The van der Waals surface area contributed by atoms with Crippen LogP contribution in [0.1, 0.15) is 95.1 Å². The number of unbranched alkanes of at least 4 members (excludes halogenated alkanes) is 1. The van der Waals surface area contributed by atoms with E-state index < -0.39 is 0 Å². The molecule has 0 aliphatic heterocycles. The number of ether oxygens (including phenoxy) is 1. The fraction of sp³-hybridized carbons (Fsp3) is 0.714. The maximum Gasteiger partial charge on any atom is 0.122 e. The fourth-order valence-electron chi connectivity index (χ4n) is 6.01. The van der Waals surface area contributed by atoms with Crippen LogP contribution in [0.4, 0.5) is 0 Å². The summed E-state index contributed by atoms with van der Waals surface area (Å²) in [6, 6.07) is 6.82. The topological polar surface area (TPSA) is 9.23 Å². The fourth-order valence-corrected chi connectivity index (χ4v) is 6.01. The van der Waals surface area contributed by atoms with Crippen molar-refractivity contribution in [2.75, 3.05) is 7.11 Å². The summed E-state index contributed by atoms with van der Waals surface area (Å²) in [5.41, 5.74) is 2.88. The van der Waals surface area contributed by atoms with Gasteiger partial charge in [-0.05, 0) is 98.7 Å². The van der Waals surface area contributed by atoms with Gasteiger partial charge in [0, 0.05) is 0 Å². The van der Waals surface area contributed by atoms with Gasteiger partial charge in [-0.3, -0.25) is 0 Å². The number of benzene rings is 1. The number of aryl methyl sites for hydroxylation is 2. The Bertz CT molecular complexity index is 603. The summed E-state index contributed by atoms with van der Waals surface area (Å²) in [6.07, 6.45) is 21.6. The minimum absolute atomic E-state index is 0.811. The van der Waals surface area contributed by atoms with E-state index in [-0.39, 0.29) is 0 Å². The molecule has 162 valence electrons. The van der Waals surface area contributed by atoms with Gasteiger partial charge in [0.25, 0.3) is 0 Å². The van der Waals surface area contributed by atoms with Crippen LogP contribution in [0.3, 0.4) is 0 Å². The Kier molecular flexibility index (Phi) is 9.15. The average molecular weight is 397 g/mol. The van der Waals surface area contributed by atoms with Crippen LogP contribution in [-0.2, 0) is 12.8 Å². The molecule has 29 heavy (non-hydrogen) atoms. The molecule has 2 aliphatic carbocycles. The van der Waals surface area contributed by atoms with Gasteiger partial charge in [0.1, 0.15) is 5.75 Å². The van der Waals surface area contributed by atoms with Crippen molar-refractivity contribution >= 4 is 0 Å². The van der Waals surface area contributed by atoms with Gasteiger partial charge in [-0.15, -0.1) is 6.58 Å². The molecule has 1 aromatic carbocycles. The molecule has 2 fully saturated rings. The van der Waals surface area contributed by atoms with Crippen molar-refractivity contribution in [1.29, 1.82) is 0 Å². The molecule has 0 unspecified atom stereocenters. The molecule has 0 saturated heterocycles. The summed E-state index contributed by atoms with van der Waals surface area (Å²) >= 11 is 0. The highest BCUT2D eigenvalue weighted by Gasteiger charge is 2.30. The highest BCUT2D eigenvalue weighted by Crippen LogP contribution is 2.42. The van der Waals surface area contributed by atoms with Gasteiger partial charge >= 0.3 is 0 Å². The Hall–Kier alpha value is -1.24. The number of rotatable bonds is 10. The van der Waals surface area contributed by atoms with E-state index in [0.717, 1.165) is 35.8 Å². The van der Waals surface area contributed by atoms with Gasteiger partial charge < -0.3 is 4.74 Å². The molecular weight excluding hydrogens is 352 g/mol. The van der Waals surface area contributed by atoms with Gasteiger partial charge in [0.05, 0.1) is 7.11 Å². The van der Waals surface area contributed by atoms with Crippen LogP contribution in [0.5, 0.6) is 5.75 Å². The first-order valence-corrected chi connectivity index (χ1v) is 12.5. The molecule has 1 aromatic rings. The third-order valence-electron chi connectivity index (χ3n) is 7.90. The van der Waals surface area contributed by atoms with Crippen LogP contribution < -0.4 is 4.74 Å². The minimum atomic E-state index is 0.811. The number of allylic oxidation sites excluding steroid dienone is 1. The lowest BCUT2D eigenvalue weighted by atomic mass is 9.68. The maximum absolute atomic E-state index is 5.52. The SMILES string of the molecule is C=CC1CCC(C2CCC(CCCCc3ccc(OC)c(CCC)c3)CC2)CC1. The van der Waals surface area contributed by atoms with Crippen molar-refractivity contribution in [2.24, 2.45) is 23.7 Å². The van der Waals surface area contributed by atoms with E-state index in [4.69, 9.17) is 4.74 Å². The normalized spacial score (nSPS) is 27.5. The molecule has 3 rings (SSSR count). The maximum atomic E-state index is 5.52. The summed E-state index contributed by atoms with van der Waals surface area (Å²) in [6.45, 7) is 6.24. The smallest absolute Gasteiger partial charge is 0.122 e. The lowest BCUT2D eigenvalue weighted by Gasteiger charge is -2.37. The Morgan fingerprint density at radius 3 is 2.24 bits per heavy atom. The van der Waals surface area contributed by atoms with E-state index in [9.17, 15) is 0 Å². The van der Waals surface area contributed by atoms with Gasteiger partial charge in [-0.1, -0.05) is 57.2 Å². The summed E-state index contributed by atoms with van der Waals surface area (Å²) in [4.78, 5) is 0. The first-order chi connectivity index (χ1) is 14.2. The predicted octanol–water partition coefficient (Wildman–Crippen LogP) is 8.16. The molecule has 2 saturated carbocycles. The third-order valence-corrected chi connectivity index (χ3v) is 7.90.